The van der Waals surface area contributed by atoms with Crippen LogP contribution in [0, 0.1) is 12.8 Å². The highest BCUT2D eigenvalue weighted by Crippen LogP contribution is 2.26. The van der Waals surface area contributed by atoms with Crippen LogP contribution in [0.2, 0.25) is 0 Å². The van der Waals surface area contributed by atoms with Crippen molar-refractivity contribution >= 4 is 0 Å². The SMILES string of the molecule is CCNC(CC(C)CC)c1ccoc1C. The van der Waals surface area contributed by atoms with Crippen LogP contribution >= 0.6 is 0 Å². The van der Waals surface area contributed by atoms with Gasteiger partial charge in [-0.3, -0.25) is 0 Å². The van der Waals surface area contributed by atoms with E-state index in [4.69, 9.17) is 4.42 Å². The topological polar surface area (TPSA) is 25.2 Å². The van der Waals surface area contributed by atoms with Gasteiger partial charge in [-0.1, -0.05) is 27.2 Å². The van der Waals surface area contributed by atoms with Gasteiger partial charge in [0.05, 0.1) is 6.26 Å². The van der Waals surface area contributed by atoms with Crippen molar-refractivity contribution in [2.45, 2.75) is 46.6 Å². The molecule has 0 aliphatic carbocycles. The second-order valence-corrected chi connectivity index (χ2v) is 4.29. The second-order valence-electron chi connectivity index (χ2n) is 4.29. The van der Waals surface area contributed by atoms with Crippen molar-refractivity contribution in [1.82, 2.24) is 5.32 Å². The second kappa shape index (κ2) is 5.96. The molecular formula is C13H23NO. The Morgan fingerprint density at radius 3 is 2.60 bits per heavy atom. The van der Waals surface area contributed by atoms with Crippen LogP contribution in [-0.2, 0) is 0 Å². The predicted molar refractivity (Wildman–Crippen MR) is 63.9 cm³/mol. The maximum Gasteiger partial charge on any atom is 0.105 e. The molecule has 0 aromatic carbocycles. The molecule has 1 aromatic heterocycles. The van der Waals surface area contributed by atoms with Gasteiger partial charge in [0, 0.05) is 11.6 Å². The predicted octanol–water partition coefficient (Wildman–Crippen LogP) is 3.67. The Hall–Kier alpha value is -0.760. The Balaban J connectivity index is 2.69. The van der Waals surface area contributed by atoms with Crippen LogP contribution < -0.4 is 5.32 Å². The average Bonchev–Trinajstić information content (AvgIpc) is 2.63. The quantitative estimate of drug-likeness (QED) is 0.773. The van der Waals surface area contributed by atoms with Gasteiger partial charge in [-0.05, 0) is 31.9 Å². The lowest BCUT2D eigenvalue weighted by Gasteiger charge is -2.20. The summed E-state index contributed by atoms with van der Waals surface area (Å²) in [7, 11) is 0. The van der Waals surface area contributed by atoms with Gasteiger partial charge < -0.3 is 9.73 Å². The number of aryl methyl sites for hydroxylation is 1. The summed E-state index contributed by atoms with van der Waals surface area (Å²) in [5.41, 5.74) is 1.32. The van der Waals surface area contributed by atoms with Crippen molar-refractivity contribution in [2.24, 2.45) is 5.92 Å². The van der Waals surface area contributed by atoms with Gasteiger partial charge in [0.2, 0.25) is 0 Å². The van der Waals surface area contributed by atoms with Gasteiger partial charge in [-0.25, -0.2) is 0 Å². The molecule has 0 aliphatic heterocycles. The van der Waals surface area contributed by atoms with Gasteiger partial charge in [-0.2, -0.15) is 0 Å². The lowest BCUT2D eigenvalue weighted by atomic mass is 9.94. The van der Waals surface area contributed by atoms with Crippen molar-refractivity contribution in [2.75, 3.05) is 6.54 Å². The van der Waals surface area contributed by atoms with Crippen LogP contribution in [-0.4, -0.2) is 6.54 Å². The minimum absolute atomic E-state index is 0.448. The van der Waals surface area contributed by atoms with Crippen molar-refractivity contribution in [3.8, 4) is 0 Å². The summed E-state index contributed by atoms with van der Waals surface area (Å²) in [6.45, 7) is 9.75. The van der Waals surface area contributed by atoms with Crippen LogP contribution in [0.25, 0.3) is 0 Å². The molecule has 2 unspecified atom stereocenters. The number of hydrogen-bond donors (Lipinski definition) is 1. The van der Waals surface area contributed by atoms with E-state index in [0.717, 1.165) is 18.2 Å². The fourth-order valence-electron chi connectivity index (χ4n) is 1.89. The largest absolute Gasteiger partial charge is 0.469 e. The Morgan fingerprint density at radius 1 is 1.40 bits per heavy atom. The molecule has 0 saturated carbocycles. The normalized spacial score (nSPS) is 15.2. The Labute approximate surface area is 93.1 Å². The first-order valence-corrected chi connectivity index (χ1v) is 5.96. The van der Waals surface area contributed by atoms with Crippen LogP contribution in [0.3, 0.4) is 0 Å². The number of nitrogens with one attached hydrogen (secondary N) is 1. The molecule has 0 spiro atoms. The van der Waals surface area contributed by atoms with E-state index in [-0.39, 0.29) is 0 Å². The van der Waals surface area contributed by atoms with E-state index in [1.54, 1.807) is 6.26 Å². The average molecular weight is 209 g/mol. The number of hydrogen-bond acceptors (Lipinski definition) is 2. The smallest absolute Gasteiger partial charge is 0.105 e. The van der Waals surface area contributed by atoms with E-state index in [1.807, 2.05) is 6.92 Å². The molecule has 86 valence electrons. The molecule has 1 rings (SSSR count). The highest BCUT2D eigenvalue weighted by Gasteiger charge is 2.16. The molecule has 0 radical (unpaired) electrons. The molecule has 0 fully saturated rings. The molecule has 0 aliphatic rings. The number of furan rings is 1. The van der Waals surface area contributed by atoms with E-state index < -0.39 is 0 Å². The van der Waals surface area contributed by atoms with Gasteiger partial charge in [0.1, 0.15) is 5.76 Å². The van der Waals surface area contributed by atoms with Gasteiger partial charge >= 0.3 is 0 Å². The van der Waals surface area contributed by atoms with Gasteiger partial charge in [0.15, 0.2) is 0 Å². The summed E-state index contributed by atoms with van der Waals surface area (Å²) in [5, 5.41) is 3.53. The van der Waals surface area contributed by atoms with E-state index in [2.05, 4.69) is 32.2 Å². The summed E-state index contributed by atoms with van der Waals surface area (Å²) >= 11 is 0. The van der Waals surface area contributed by atoms with Crippen molar-refractivity contribution in [3.05, 3.63) is 23.7 Å². The van der Waals surface area contributed by atoms with Crippen LogP contribution in [0.5, 0.6) is 0 Å². The van der Waals surface area contributed by atoms with Crippen LogP contribution in [0.15, 0.2) is 16.7 Å². The molecule has 0 bridgehead atoms. The highest BCUT2D eigenvalue weighted by molar-refractivity contribution is 5.20. The van der Waals surface area contributed by atoms with E-state index >= 15 is 0 Å². The fraction of sp³-hybridized carbons (Fsp3) is 0.692. The third kappa shape index (κ3) is 3.38. The first kappa shape index (κ1) is 12.3. The molecule has 2 heteroatoms. The lowest BCUT2D eigenvalue weighted by Crippen LogP contribution is -2.23. The zero-order valence-corrected chi connectivity index (χ0v) is 10.3. The molecule has 0 saturated heterocycles. The standard InChI is InChI=1S/C13H23NO/c1-5-10(3)9-13(14-6-2)12-7-8-15-11(12)4/h7-8,10,13-14H,5-6,9H2,1-4H3. The van der Waals surface area contributed by atoms with Gasteiger partial charge in [-0.15, -0.1) is 0 Å². The molecule has 2 atom stereocenters. The Bertz CT molecular complexity index is 280. The minimum atomic E-state index is 0.448. The molecule has 0 amide bonds. The summed E-state index contributed by atoms with van der Waals surface area (Å²) in [6.07, 6.45) is 4.20. The Kier molecular flexibility index (Phi) is 4.89. The third-order valence-electron chi connectivity index (χ3n) is 3.06. The van der Waals surface area contributed by atoms with Crippen molar-refractivity contribution in [3.63, 3.8) is 0 Å². The van der Waals surface area contributed by atoms with Crippen LogP contribution in [0.1, 0.15) is 51.0 Å². The minimum Gasteiger partial charge on any atom is -0.469 e. The third-order valence-corrected chi connectivity index (χ3v) is 3.06. The first-order chi connectivity index (χ1) is 7.19. The first-order valence-electron chi connectivity index (χ1n) is 5.96. The molecule has 1 heterocycles. The fourth-order valence-corrected chi connectivity index (χ4v) is 1.89. The van der Waals surface area contributed by atoms with E-state index in [9.17, 15) is 0 Å². The Morgan fingerprint density at radius 2 is 2.13 bits per heavy atom. The van der Waals surface area contributed by atoms with Gasteiger partial charge in [0.25, 0.3) is 0 Å². The van der Waals surface area contributed by atoms with E-state index in [1.165, 1.54) is 18.4 Å². The monoisotopic (exact) mass is 209 g/mol. The number of rotatable bonds is 6. The zero-order chi connectivity index (χ0) is 11.3. The maximum absolute atomic E-state index is 5.37. The molecular weight excluding hydrogens is 186 g/mol. The summed E-state index contributed by atoms with van der Waals surface area (Å²) in [6, 6.07) is 2.54. The molecule has 15 heavy (non-hydrogen) atoms. The maximum atomic E-state index is 5.37. The lowest BCUT2D eigenvalue weighted by molar-refractivity contribution is 0.402. The summed E-state index contributed by atoms with van der Waals surface area (Å²) < 4.78 is 5.37. The van der Waals surface area contributed by atoms with E-state index in [0.29, 0.717) is 6.04 Å². The van der Waals surface area contributed by atoms with Crippen LogP contribution in [0.4, 0.5) is 0 Å². The highest BCUT2D eigenvalue weighted by atomic mass is 16.3. The summed E-state index contributed by atoms with van der Waals surface area (Å²) in [5.74, 6) is 1.80. The molecule has 1 aromatic rings. The summed E-state index contributed by atoms with van der Waals surface area (Å²) in [4.78, 5) is 0. The molecule has 1 N–H and O–H groups in total. The molecule has 2 nitrogen and oxygen atoms in total. The van der Waals surface area contributed by atoms with Crippen molar-refractivity contribution < 1.29 is 4.42 Å². The van der Waals surface area contributed by atoms with Crippen molar-refractivity contribution in [1.29, 1.82) is 0 Å². The zero-order valence-electron chi connectivity index (χ0n) is 10.3.